The standard InChI is InChI=1S/C11H16NO2/c1-10(2)9-13-7-8-14-11-5-3-4-6-12-11/h3,5-6,10H,7-9H2,1-2H3. The van der Waals surface area contributed by atoms with Crippen molar-refractivity contribution in [1.82, 2.24) is 4.98 Å². The predicted molar refractivity (Wildman–Crippen MR) is 54.2 cm³/mol. The molecule has 0 spiro atoms. The lowest BCUT2D eigenvalue weighted by molar-refractivity contribution is 0.0806. The van der Waals surface area contributed by atoms with Gasteiger partial charge in [0.2, 0.25) is 5.88 Å². The van der Waals surface area contributed by atoms with Gasteiger partial charge in [0.05, 0.1) is 6.61 Å². The minimum absolute atomic E-state index is 0.545. The number of hydrogen-bond donors (Lipinski definition) is 0. The SMILES string of the molecule is CC(C)COCCOc1cc[c]cn1. The number of rotatable bonds is 6. The molecule has 0 fully saturated rings. The number of pyridine rings is 1. The Hall–Kier alpha value is -1.09. The van der Waals surface area contributed by atoms with Gasteiger partial charge in [-0.25, -0.2) is 4.98 Å². The monoisotopic (exact) mass is 194 g/mol. The number of hydrogen-bond acceptors (Lipinski definition) is 3. The van der Waals surface area contributed by atoms with Gasteiger partial charge in [-0.1, -0.05) is 13.8 Å². The molecule has 0 unspecified atom stereocenters. The van der Waals surface area contributed by atoms with Crippen LogP contribution in [0.2, 0.25) is 0 Å². The molecule has 0 saturated heterocycles. The Labute approximate surface area is 85.1 Å². The van der Waals surface area contributed by atoms with Gasteiger partial charge in [0.25, 0.3) is 0 Å². The van der Waals surface area contributed by atoms with Gasteiger partial charge in [-0.2, -0.15) is 0 Å². The highest BCUT2D eigenvalue weighted by atomic mass is 16.5. The lowest BCUT2D eigenvalue weighted by Crippen LogP contribution is -2.10. The Balaban J connectivity index is 2.05. The first-order valence-corrected chi connectivity index (χ1v) is 4.81. The van der Waals surface area contributed by atoms with Gasteiger partial charge in [0, 0.05) is 24.9 Å². The second kappa shape index (κ2) is 6.38. The first-order chi connectivity index (χ1) is 6.79. The van der Waals surface area contributed by atoms with Gasteiger partial charge in [-0.05, 0) is 12.0 Å². The van der Waals surface area contributed by atoms with E-state index in [-0.39, 0.29) is 0 Å². The summed E-state index contributed by atoms with van der Waals surface area (Å²) in [6.07, 6.45) is 1.59. The Bertz CT molecular complexity index is 236. The zero-order valence-electron chi connectivity index (χ0n) is 8.69. The average molecular weight is 194 g/mol. The van der Waals surface area contributed by atoms with E-state index in [9.17, 15) is 0 Å². The van der Waals surface area contributed by atoms with E-state index in [1.807, 2.05) is 0 Å². The fourth-order valence-corrected chi connectivity index (χ4v) is 0.916. The maximum Gasteiger partial charge on any atom is 0.213 e. The molecular formula is C11H16NO2. The highest BCUT2D eigenvalue weighted by Gasteiger charge is 1.95. The Morgan fingerprint density at radius 1 is 1.43 bits per heavy atom. The van der Waals surface area contributed by atoms with E-state index in [0.717, 1.165) is 6.61 Å². The van der Waals surface area contributed by atoms with Crippen molar-refractivity contribution in [2.45, 2.75) is 13.8 Å². The van der Waals surface area contributed by atoms with Crippen LogP contribution in [-0.2, 0) is 4.74 Å². The molecule has 0 saturated carbocycles. The molecule has 0 bridgehead atoms. The minimum atomic E-state index is 0.545. The number of aromatic nitrogens is 1. The topological polar surface area (TPSA) is 31.4 Å². The highest BCUT2D eigenvalue weighted by Crippen LogP contribution is 2.02. The van der Waals surface area contributed by atoms with Crippen molar-refractivity contribution in [3.05, 3.63) is 24.4 Å². The molecule has 3 heteroatoms. The fourth-order valence-electron chi connectivity index (χ4n) is 0.916. The second-order valence-electron chi connectivity index (χ2n) is 3.41. The molecule has 1 radical (unpaired) electrons. The van der Waals surface area contributed by atoms with Crippen LogP contribution in [0.25, 0.3) is 0 Å². The summed E-state index contributed by atoms with van der Waals surface area (Å²) in [5.74, 6) is 1.19. The molecule has 0 aromatic carbocycles. The molecule has 14 heavy (non-hydrogen) atoms. The van der Waals surface area contributed by atoms with Gasteiger partial charge in [-0.15, -0.1) is 0 Å². The van der Waals surface area contributed by atoms with Crippen LogP contribution in [0.1, 0.15) is 13.8 Å². The summed E-state index contributed by atoms with van der Waals surface area (Å²) in [5.41, 5.74) is 0. The average Bonchev–Trinajstić information content (AvgIpc) is 2.18. The van der Waals surface area contributed by atoms with Crippen molar-refractivity contribution in [2.24, 2.45) is 5.92 Å². The van der Waals surface area contributed by atoms with E-state index in [0.29, 0.717) is 25.0 Å². The Morgan fingerprint density at radius 3 is 2.93 bits per heavy atom. The van der Waals surface area contributed by atoms with Crippen molar-refractivity contribution < 1.29 is 9.47 Å². The number of nitrogens with zero attached hydrogens (tertiary/aromatic N) is 1. The minimum Gasteiger partial charge on any atom is -0.475 e. The maximum atomic E-state index is 5.36. The van der Waals surface area contributed by atoms with Crippen LogP contribution >= 0.6 is 0 Å². The largest absolute Gasteiger partial charge is 0.475 e. The molecule has 77 valence electrons. The van der Waals surface area contributed by atoms with Crippen LogP contribution < -0.4 is 4.74 Å². The van der Waals surface area contributed by atoms with Crippen LogP contribution in [0.4, 0.5) is 0 Å². The highest BCUT2D eigenvalue weighted by molar-refractivity contribution is 5.08. The molecule has 1 aromatic heterocycles. The maximum absolute atomic E-state index is 5.36. The third-order valence-electron chi connectivity index (χ3n) is 1.52. The molecule has 0 aliphatic carbocycles. The quantitative estimate of drug-likeness (QED) is 0.648. The predicted octanol–water partition coefficient (Wildman–Crippen LogP) is 1.93. The van der Waals surface area contributed by atoms with Crippen LogP contribution in [0.5, 0.6) is 5.88 Å². The normalized spacial score (nSPS) is 10.5. The molecular weight excluding hydrogens is 178 g/mol. The number of ether oxygens (including phenoxy) is 2. The van der Waals surface area contributed by atoms with E-state index in [4.69, 9.17) is 9.47 Å². The molecule has 1 aromatic rings. The molecule has 1 heterocycles. The van der Waals surface area contributed by atoms with E-state index >= 15 is 0 Å². The smallest absolute Gasteiger partial charge is 0.213 e. The lowest BCUT2D eigenvalue weighted by Gasteiger charge is -2.07. The van der Waals surface area contributed by atoms with E-state index in [2.05, 4.69) is 24.9 Å². The van der Waals surface area contributed by atoms with Crippen molar-refractivity contribution in [3.63, 3.8) is 0 Å². The molecule has 0 aliphatic rings. The Kier molecular flexibility index (Phi) is 5.00. The van der Waals surface area contributed by atoms with Crippen molar-refractivity contribution >= 4 is 0 Å². The third-order valence-corrected chi connectivity index (χ3v) is 1.52. The van der Waals surface area contributed by atoms with Gasteiger partial charge in [0.1, 0.15) is 6.61 Å². The van der Waals surface area contributed by atoms with Crippen molar-refractivity contribution in [2.75, 3.05) is 19.8 Å². The summed E-state index contributed by atoms with van der Waals surface area (Å²) in [7, 11) is 0. The summed E-state index contributed by atoms with van der Waals surface area (Å²) in [5, 5.41) is 0. The van der Waals surface area contributed by atoms with Crippen molar-refractivity contribution in [3.8, 4) is 5.88 Å². The molecule has 0 atom stereocenters. The van der Waals surface area contributed by atoms with Gasteiger partial charge in [-0.3, -0.25) is 0 Å². The summed E-state index contributed by atoms with van der Waals surface area (Å²) in [6.45, 7) is 6.17. The zero-order chi connectivity index (χ0) is 10.2. The van der Waals surface area contributed by atoms with Crippen LogP contribution in [0.15, 0.2) is 18.3 Å². The summed E-state index contributed by atoms with van der Waals surface area (Å²) in [6, 6.07) is 6.38. The first kappa shape index (κ1) is 11.0. The molecule has 1 rings (SSSR count). The Morgan fingerprint density at radius 2 is 2.29 bits per heavy atom. The van der Waals surface area contributed by atoms with Crippen molar-refractivity contribution in [1.29, 1.82) is 0 Å². The van der Waals surface area contributed by atoms with Crippen LogP contribution in [0, 0.1) is 12.0 Å². The summed E-state index contributed by atoms with van der Waals surface area (Å²) in [4.78, 5) is 3.98. The van der Waals surface area contributed by atoms with E-state index in [1.165, 1.54) is 0 Å². The van der Waals surface area contributed by atoms with E-state index < -0.39 is 0 Å². The molecule has 0 aliphatic heterocycles. The zero-order valence-corrected chi connectivity index (χ0v) is 8.69. The fraction of sp³-hybridized carbons (Fsp3) is 0.545. The van der Waals surface area contributed by atoms with Gasteiger partial charge in [0.15, 0.2) is 0 Å². The van der Waals surface area contributed by atoms with Gasteiger partial charge >= 0.3 is 0 Å². The third kappa shape index (κ3) is 4.82. The molecule has 3 nitrogen and oxygen atoms in total. The van der Waals surface area contributed by atoms with Gasteiger partial charge < -0.3 is 9.47 Å². The molecule has 0 amide bonds. The summed E-state index contributed by atoms with van der Waals surface area (Å²) >= 11 is 0. The summed E-state index contributed by atoms with van der Waals surface area (Å²) < 4.78 is 10.7. The van der Waals surface area contributed by atoms with Crippen LogP contribution in [0.3, 0.4) is 0 Å². The second-order valence-corrected chi connectivity index (χ2v) is 3.41. The van der Waals surface area contributed by atoms with E-state index in [1.54, 1.807) is 18.3 Å². The molecule has 0 N–H and O–H groups in total. The lowest BCUT2D eigenvalue weighted by atomic mass is 10.2. The first-order valence-electron chi connectivity index (χ1n) is 4.81. The van der Waals surface area contributed by atoms with Crippen LogP contribution in [-0.4, -0.2) is 24.8 Å².